The molecule has 1 heterocycles. The van der Waals surface area contributed by atoms with Crippen LogP contribution in [0.25, 0.3) is 0 Å². The van der Waals surface area contributed by atoms with Gasteiger partial charge in [0.05, 0.1) is 23.1 Å². The first kappa shape index (κ1) is 26.8. The van der Waals surface area contributed by atoms with Gasteiger partial charge in [0.1, 0.15) is 15.8 Å². The highest BCUT2D eigenvalue weighted by Gasteiger charge is 2.73. The number of para-hydroxylation sites is 1. The van der Waals surface area contributed by atoms with Crippen molar-refractivity contribution >= 4 is 46.6 Å². The first-order valence-electron chi connectivity index (χ1n) is 12.8. The molecule has 3 amide bonds. The van der Waals surface area contributed by atoms with Crippen LogP contribution in [0.1, 0.15) is 41.7 Å². The molecule has 0 spiro atoms. The number of nitrogens with zero attached hydrogens (tertiary/aromatic N) is 1. The van der Waals surface area contributed by atoms with Crippen LogP contribution in [-0.2, 0) is 30.3 Å². The molecule has 206 valence electrons. The maximum atomic E-state index is 14.2. The minimum atomic E-state index is -4.72. The van der Waals surface area contributed by atoms with Crippen LogP contribution in [0.3, 0.4) is 0 Å². The van der Waals surface area contributed by atoms with Crippen molar-refractivity contribution in [3.8, 4) is 0 Å². The largest absolute Gasteiger partial charge is 0.418 e. The number of amides is 3. The Morgan fingerprint density at radius 1 is 0.800 bits per heavy atom. The third kappa shape index (κ3) is 3.38. The van der Waals surface area contributed by atoms with Gasteiger partial charge in [-0.1, -0.05) is 74.5 Å². The SMILES string of the molecule is CC(C)[C@@H](C(=O)Nc1ccccc1C(F)(F)F)N1C(=O)[C@@H]2[C@H](C1=O)C1(Cl)c3ccccc3C2(Cl)c2ccccc21. The van der Waals surface area contributed by atoms with Crippen molar-refractivity contribution < 1.29 is 27.6 Å². The summed E-state index contributed by atoms with van der Waals surface area (Å²) in [6, 6.07) is 17.4. The number of nitrogens with one attached hydrogen (secondary N) is 1. The van der Waals surface area contributed by atoms with Crippen LogP contribution >= 0.6 is 23.2 Å². The van der Waals surface area contributed by atoms with E-state index in [1.165, 1.54) is 12.1 Å². The van der Waals surface area contributed by atoms with E-state index in [0.29, 0.717) is 22.3 Å². The van der Waals surface area contributed by atoms with Crippen LogP contribution in [0.4, 0.5) is 18.9 Å². The summed E-state index contributed by atoms with van der Waals surface area (Å²) in [5, 5.41) is 2.32. The van der Waals surface area contributed by atoms with Gasteiger partial charge in [0, 0.05) is 0 Å². The summed E-state index contributed by atoms with van der Waals surface area (Å²) in [5.41, 5.74) is 0.934. The Labute approximate surface area is 238 Å². The molecule has 0 saturated carbocycles. The zero-order valence-electron chi connectivity index (χ0n) is 21.3. The van der Waals surface area contributed by atoms with E-state index in [9.17, 15) is 27.6 Å². The fourth-order valence-electron chi connectivity index (χ4n) is 6.73. The van der Waals surface area contributed by atoms with Gasteiger partial charge in [-0.25, -0.2) is 0 Å². The van der Waals surface area contributed by atoms with Crippen molar-refractivity contribution in [1.82, 2.24) is 4.90 Å². The minimum absolute atomic E-state index is 0.468. The van der Waals surface area contributed by atoms with Gasteiger partial charge >= 0.3 is 6.18 Å². The number of carbonyl (C=O) groups excluding carboxylic acids is 3. The first-order chi connectivity index (χ1) is 18.8. The van der Waals surface area contributed by atoms with E-state index in [-0.39, 0.29) is 0 Å². The number of anilines is 1. The highest BCUT2D eigenvalue weighted by Crippen LogP contribution is 2.69. The molecule has 7 rings (SSSR count). The van der Waals surface area contributed by atoms with Gasteiger partial charge in [-0.05, 0) is 40.3 Å². The van der Waals surface area contributed by atoms with E-state index >= 15 is 0 Å². The van der Waals surface area contributed by atoms with Gasteiger partial charge < -0.3 is 5.32 Å². The smallest absolute Gasteiger partial charge is 0.324 e. The molecule has 2 bridgehead atoms. The number of hydrogen-bond acceptors (Lipinski definition) is 3. The molecule has 3 atom stereocenters. The predicted molar refractivity (Wildman–Crippen MR) is 144 cm³/mol. The fourth-order valence-corrected chi connectivity index (χ4v) is 7.82. The second kappa shape index (κ2) is 8.82. The molecular weight excluding hydrogens is 564 g/mol. The summed E-state index contributed by atoms with van der Waals surface area (Å²) in [6.45, 7) is 3.24. The van der Waals surface area contributed by atoms with Crippen LogP contribution in [0.5, 0.6) is 0 Å². The predicted octanol–water partition coefficient (Wildman–Crippen LogP) is 6.26. The minimum Gasteiger partial charge on any atom is -0.324 e. The molecule has 1 aliphatic heterocycles. The van der Waals surface area contributed by atoms with Gasteiger partial charge in [0.25, 0.3) is 0 Å². The standard InChI is InChI=1S/C30H23Cl2F3N2O3/c1-15(2)24(25(38)36-21-14-8-7-13-20(21)30(33,34)35)37-26(39)22-23(27(37)40)29(32)17-10-4-3-9-16(17)28(22,31)18-11-5-6-12-19(18)29/h3-15,22-24H,1-2H3,(H,36,38)/t22-,23+,24-,28?,29?/m0/s1. The van der Waals surface area contributed by atoms with Crippen LogP contribution in [0.15, 0.2) is 72.8 Å². The molecule has 3 aromatic carbocycles. The Kier molecular flexibility index (Phi) is 5.92. The lowest BCUT2D eigenvalue weighted by molar-refractivity contribution is -0.148. The molecule has 3 aliphatic carbocycles. The topological polar surface area (TPSA) is 66.5 Å². The quantitative estimate of drug-likeness (QED) is 0.290. The number of hydrogen-bond donors (Lipinski definition) is 1. The Morgan fingerprint density at radius 3 is 1.60 bits per heavy atom. The number of benzene rings is 3. The number of alkyl halides is 5. The van der Waals surface area contributed by atoms with Gasteiger partial charge in [0.15, 0.2) is 0 Å². The number of rotatable bonds is 4. The second-order valence-corrected chi connectivity index (χ2v) is 11.9. The maximum Gasteiger partial charge on any atom is 0.418 e. The fraction of sp³-hybridized carbons (Fsp3) is 0.300. The molecule has 5 nitrogen and oxygen atoms in total. The second-order valence-electron chi connectivity index (χ2n) is 10.7. The van der Waals surface area contributed by atoms with Crippen molar-refractivity contribution in [2.24, 2.45) is 17.8 Å². The number of imide groups is 1. The molecule has 0 radical (unpaired) electrons. The van der Waals surface area contributed by atoms with Gasteiger partial charge in [0.2, 0.25) is 17.7 Å². The Balaban J connectivity index is 1.47. The number of carbonyl (C=O) groups is 3. The molecule has 3 aromatic rings. The molecule has 10 heteroatoms. The molecular formula is C30H23Cl2F3N2O3. The van der Waals surface area contributed by atoms with Crippen LogP contribution in [-0.4, -0.2) is 28.7 Å². The van der Waals surface area contributed by atoms with E-state index in [0.717, 1.165) is 17.0 Å². The van der Waals surface area contributed by atoms with Crippen molar-refractivity contribution in [3.63, 3.8) is 0 Å². The zero-order valence-corrected chi connectivity index (χ0v) is 22.8. The Bertz CT molecular complexity index is 1470. The van der Waals surface area contributed by atoms with E-state index < -0.39 is 68.7 Å². The molecule has 1 fully saturated rings. The number of halogens is 5. The first-order valence-corrected chi connectivity index (χ1v) is 13.5. The summed E-state index contributed by atoms with van der Waals surface area (Å²) < 4.78 is 40.9. The van der Waals surface area contributed by atoms with Crippen molar-refractivity contribution in [1.29, 1.82) is 0 Å². The summed E-state index contributed by atoms with van der Waals surface area (Å²) >= 11 is 14.9. The lowest BCUT2D eigenvalue weighted by Gasteiger charge is -2.54. The normalized spacial score (nSPS) is 27.4. The average molecular weight is 587 g/mol. The Hall–Kier alpha value is -3.36. The number of likely N-dealkylation sites (tertiary alicyclic amines) is 1. The lowest BCUT2D eigenvalue weighted by Crippen LogP contribution is -2.57. The van der Waals surface area contributed by atoms with E-state index in [1.54, 1.807) is 62.4 Å². The van der Waals surface area contributed by atoms with E-state index in [1.807, 2.05) is 0 Å². The summed E-state index contributed by atoms with van der Waals surface area (Å²) in [6.07, 6.45) is -4.72. The average Bonchev–Trinajstić information content (AvgIpc) is 3.18. The summed E-state index contributed by atoms with van der Waals surface area (Å²) in [5.74, 6) is -5.16. The van der Waals surface area contributed by atoms with E-state index in [2.05, 4.69) is 5.32 Å². The monoisotopic (exact) mass is 586 g/mol. The zero-order chi connectivity index (χ0) is 28.8. The summed E-state index contributed by atoms with van der Waals surface area (Å²) in [7, 11) is 0. The third-order valence-corrected chi connectivity index (χ3v) is 9.57. The lowest BCUT2D eigenvalue weighted by atomic mass is 9.54. The van der Waals surface area contributed by atoms with Crippen molar-refractivity contribution in [3.05, 3.63) is 101 Å². The highest BCUT2D eigenvalue weighted by molar-refractivity contribution is 6.36. The molecule has 0 aromatic heterocycles. The van der Waals surface area contributed by atoms with Crippen molar-refractivity contribution in [2.45, 2.75) is 35.8 Å². The van der Waals surface area contributed by atoms with Gasteiger partial charge in [-0.3, -0.25) is 19.3 Å². The molecule has 1 N–H and O–H groups in total. The van der Waals surface area contributed by atoms with Gasteiger partial charge in [-0.15, -0.1) is 23.2 Å². The molecule has 1 saturated heterocycles. The highest BCUT2D eigenvalue weighted by atomic mass is 35.5. The van der Waals surface area contributed by atoms with Crippen LogP contribution < -0.4 is 5.32 Å². The molecule has 4 aliphatic rings. The van der Waals surface area contributed by atoms with Crippen LogP contribution in [0, 0.1) is 17.8 Å². The van der Waals surface area contributed by atoms with Crippen molar-refractivity contribution in [2.75, 3.05) is 5.32 Å². The molecule has 0 unspecified atom stereocenters. The third-order valence-electron chi connectivity index (χ3n) is 8.29. The Morgan fingerprint density at radius 2 is 1.20 bits per heavy atom. The van der Waals surface area contributed by atoms with Gasteiger partial charge in [-0.2, -0.15) is 13.2 Å². The van der Waals surface area contributed by atoms with E-state index in [4.69, 9.17) is 23.2 Å². The maximum absolute atomic E-state index is 14.2. The molecule has 40 heavy (non-hydrogen) atoms. The summed E-state index contributed by atoms with van der Waals surface area (Å²) in [4.78, 5) is 40.1. The van der Waals surface area contributed by atoms with Crippen LogP contribution in [0.2, 0.25) is 0 Å².